The molecule has 3 saturated carbocycles. The van der Waals surface area contributed by atoms with E-state index in [1.165, 1.54) is 6.08 Å². The molecule has 3 aliphatic carbocycles. The van der Waals surface area contributed by atoms with Crippen molar-refractivity contribution in [1.82, 2.24) is 10.6 Å². The predicted molar refractivity (Wildman–Crippen MR) is 126 cm³/mol. The van der Waals surface area contributed by atoms with Crippen LogP contribution in [0, 0.1) is 41.4 Å². The van der Waals surface area contributed by atoms with Gasteiger partial charge in [-0.2, -0.15) is 0 Å². The monoisotopic (exact) mass is 482 g/mol. The lowest BCUT2D eigenvalue weighted by atomic mass is 9.64. The number of ether oxygens (including phenoxy) is 1. The molecule has 35 heavy (non-hydrogen) atoms. The number of carbonyl (C=O) groups excluding carboxylic acids is 3. The zero-order valence-corrected chi connectivity index (χ0v) is 19.9. The van der Waals surface area contributed by atoms with Crippen molar-refractivity contribution in [3.63, 3.8) is 0 Å². The van der Waals surface area contributed by atoms with Gasteiger partial charge < -0.3 is 25.6 Å². The lowest BCUT2D eigenvalue weighted by Crippen LogP contribution is -2.42. The summed E-state index contributed by atoms with van der Waals surface area (Å²) in [7, 11) is 0. The molecule has 3 heterocycles. The molecule has 2 bridgehead atoms. The lowest BCUT2D eigenvalue weighted by Gasteiger charge is -2.41. The molecule has 5 fully saturated rings. The normalized spacial score (nSPS) is 50.9. The molecule has 0 spiro atoms. The second-order valence-electron chi connectivity index (χ2n) is 11.4. The first-order valence-corrected chi connectivity index (χ1v) is 13.1. The Hall–Kier alpha value is -2.45. The molecule has 0 aromatic heterocycles. The third-order valence-corrected chi connectivity index (χ3v) is 9.73. The highest BCUT2D eigenvalue weighted by molar-refractivity contribution is 6.27. The van der Waals surface area contributed by atoms with Crippen molar-refractivity contribution in [3.8, 4) is 0 Å². The molecule has 2 amide bonds. The number of aliphatic hydroxyl groups is 2. The van der Waals surface area contributed by atoms with Crippen LogP contribution in [-0.2, 0) is 19.1 Å². The van der Waals surface area contributed by atoms with Gasteiger partial charge in [-0.15, -0.1) is 0 Å². The number of amides is 2. The zero-order valence-electron chi connectivity index (χ0n) is 19.9. The number of epoxide rings is 1. The molecule has 0 radical (unpaired) electrons. The molecule has 8 heteroatoms. The van der Waals surface area contributed by atoms with Gasteiger partial charge in [0.1, 0.15) is 17.4 Å². The van der Waals surface area contributed by atoms with Gasteiger partial charge in [0.15, 0.2) is 5.78 Å². The van der Waals surface area contributed by atoms with Crippen molar-refractivity contribution < 1.29 is 29.3 Å². The van der Waals surface area contributed by atoms with Crippen LogP contribution >= 0.6 is 0 Å². The molecule has 6 rings (SSSR count). The van der Waals surface area contributed by atoms with Gasteiger partial charge in [0.2, 0.25) is 5.91 Å². The molecule has 3 aliphatic heterocycles. The summed E-state index contributed by atoms with van der Waals surface area (Å²) < 4.78 is 5.96. The number of nitrogens with one attached hydrogen (secondary N) is 2. The number of carbonyl (C=O) groups is 3. The summed E-state index contributed by atoms with van der Waals surface area (Å²) in [6.45, 7) is 2.51. The van der Waals surface area contributed by atoms with E-state index in [0.717, 1.165) is 25.7 Å². The van der Waals surface area contributed by atoms with Crippen molar-refractivity contribution >= 4 is 17.6 Å². The van der Waals surface area contributed by atoms with E-state index in [0.29, 0.717) is 47.7 Å². The first-order chi connectivity index (χ1) is 16.8. The molecule has 8 nitrogen and oxygen atoms in total. The van der Waals surface area contributed by atoms with Crippen molar-refractivity contribution in [2.45, 2.75) is 63.4 Å². The van der Waals surface area contributed by atoms with Crippen LogP contribution in [0.5, 0.6) is 0 Å². The minimum atomic E-state index is -1.16. The standard InChI is InChI=1S/C27H34N2O6/c1-12-21-15-7-5-13-6-8-18(30)22-24(33)23(29-27(22)34)19(31)9-10-28-20(32)4-2-3-14(13)16(15)11-17(21)26-25(12)35-26/h2,4,6,8,12-17,19,21,23,25-26,30-31H,3,5,7,9-11H2,1H3,(H,28,32)(H,29,34)/b4-2-,8-6+,22-18-/t12-,13-,14-,15+,16-,17-,19?,21+,23?,25+,26-/m0/s1. The van der Waals surface area contributed by atoms with Crippen LogP contribution in [0.3, 0.4) is 0 Å². The Bertz CT molecular complexity index is 1030. The van der Waals surface area contributed by atoms with E-state index in [4.69, 9.17) is 4.74 Å². The average Bonchev–Trinajstić information content (AvgIpc) is 3.33. The summed E-state index contributed by atoms with van der Waals surface area (Å²) in [5.74, 6) is 1.75. The fraction of sp³-hybridized carbons (Fsp3) is 0.667. The SMILES string of the molecule is C[C@@H]1[C@H]2O[C@H]2[C@H]2C[C@@H]3[C@@H](CC[C@H]4/C=C/C(O)=C5/C(=O)NC(C5=O)C(O)CCNC(=O)/C=C\C[C@H]34)[C@@H]12. The molecular formula is C27H34N2O6. The average molecular weight is 483 g/mol. The van der Waals surface area contributed by atoms with Gasteiger partial charge in [-0.05, 0) is 85.7 Å². The second-order valence-corrected chi connectivity index (χ2v) is 11.4. The maximum atomic E-state index is 12.8. The number of hydrogen-bond acceptors (Lipinski definition) is 6. The molecule has 2 unspecified atom stereocenters. The highest BCUT2D eigenvalue weighted by Crippen LogP contribution is 2.65. The Morgan fingerprint density at radius 2 is 1.83 bits per heavy atom. The molecule has 0 aromatic rings. The summed E-state index contributed by atoms with van der Waals surface area (Å²) in [4.78, 5) is 37.6. The van der Waals surface area contributed by atoms with E-state index in [-0.39, 0.29) is 36.1 Å². The Morgan fingerprint density at radius 1 is 1.00 bits per heavy atom. The van der Waals surface area contributed by atoms with E-state index in [1.54, 1.807) is 6.08 Å². The first kappa shape index (κ1) is 23.0. The highest BCUT2D eigenvalue weighted by atomic mass is 16.6. The van der Waals surface area contributed by atoms with Crippen molar-refractivity contribution in [2.24, 2.45) is 41.4 Å². The van der Waals surface area contributed by atoms with Gasteiger partial charge in [0.05, 0.1) is 18.3 Å². The third kappa shape index (κ3) is 3.76. The number of rotatable bonds is 0. The number of aliphatic hydroxyl groups excluding tert-OH is 2. The zero-order chi connectivity index (χ0) is 24.4. The van der Waals surface area contributed by atoms with Crippen LogP contribution in [0.4, 0.5) is 0 Å². The van der Waals surface area contributed by atoms with E-state index >= 15 is 0 Å². The summed E-state index contributed by atoms with van der Waals surface area (Å²) in [5.41, 5.74) is -0.298. The van der Waals surface area contributed by atoms with E-state index in [2.05, 4.69) is 17.6 Å². The number of ketones is 1. The Labute approximate surface area is 204 Å². The van der Waals surface area contributed by atoms with E-state index < -0.39 is 23.8 Å². The fourth-order valence-electron chi connectivity index (χ4n) is 8.17. The minimum Gasteiger partial charge on any atom is -0.507 e. The number of fused-ring (bicyclic) bond motifs is 9. The van der Waals surface area contributed by atoms with Gasteiger partial charge in [-0.25, -0.2) is 0 Å². The second kappa shape index (κ2) is 8.59. The molecule has 6 aliphatic rings. The quantitative estimate of drug-likeness (QED) is 0.306. The van der Waals surface area contributed by atoms with Crippen LogP contribution in [0.1, 0.15) is 39.0 Å². The summed E-state index contributed by atoms with van der Waals surface area (Å²) in [6, 6.07) is -1.12. The topological polar surface area (TPSA) is 128 Å². The maximum absolute atomic E-state index is 12.8. The van der Waals surface area contributed by atoms with Crippen LogP contribution in [0.25, 0.3) is 0 Å². The smallest absolute Gasteiger partial charge is 0.259 e. The van der Waals surface area contributed by atoms with Crippen molar-refractivity contribution in [2.75, 3.05) is 6.54 Å². The molecular weight excluding hydrogens is 448 g/mol. The Morgan fingerprint density at radius 3 is 2.66 bits per heavy atom. The summed E-state index contributed by atoms with van der Waals surface area (Å²) >= 11 is 0. The van der Waals surface area contributed by atoms with Crippen LogP contribution in [0.15, 0.2) is 35.6 Å². The predicted octanol–water partition coefficient (Wildman–Crippen LogP) is 1.56. The molecule has 188 valence electrons. The van der Waals surface area contributed by atoms with Gasteiger partial charge >= 0.3 is 0 Å². The summed E-state index contributed by atoms with van der Waals surface area (Å²) in [5, 5.41) is 26.3. The summed E-state index contributed by atoms with van der Waals surface area (Å²) in [6.07, 6.45) is 10.8. The molecule has 11 atom stereocenters. The van der Waals surface area contributed by atoms with Gasteiger partial charge in [0, 0.05) is 6.54 Å². The Kier molecular flexibility index (Phi) is 5.64. The number of Topliss-reactive ketones (excluding diaryl/α,β-unsaturated/α-hetero) is 1. The first-order valence-electron chi connectivity index (χ1n) is 13.1. The number of allylic oxidation sites excluding steroid dienone is 3. The van der Waals surface area contributed by atoms with Gasteiger partial charge in [-0.3, -0.25) is 14.4 Å². The van der Waals surface area contributed by atoms with Crippen LogP contribution in [-0.4, -0.2) is 58.7 Å². The maximum Gasteiger partial charge on any atom is 0.259 e. The number of hydrogen-bond donors (Lipinski definition) is 4. The third-order valence-electron chi connectivity index (χ3n) is 9.73. The highest BCUT2D eigenvalue weighted by Gasteiger charge is 2.66. The molecule has 0 aromatic carbocycles. The van der Waals surface area contributed by atoms with Gasteiger partial charge in [0.25, 0.3) is 5.91 Å². The van der Waals surface area contributed by atoms with E-state index in [9.17, 15) is 24.6 Å². The van der Waals surface area contributed by atoms with Crippen LogP contribution < -0.4 is 10.6 Å². The Balaban J connectivity index is 1.30. The largest absolute Gasteiger partial charge is 0.507 e. The van der Waals surface area contributed by atoms with Crippen molar-refractivity contribution in [3.05, 3.63) is 35.6 Å². The van der Waals surface area contributed by atoms with E-state index in [1.807, 2.05) is 12.2 Å². The molecule has 2 saturated heterocycles. The van der Waals surface area contributed by atoms with Crippen LogP contribution in [0.2, 0.25) is 0 Å². The van der Waals surface area contributed by atoms with Gasteiger partial charge in [-0.1, -0.05) is 19.1 Å². The minimum absolute atomic E-state index is 0.111. The fourth-order valence-corrected chi connectivity index (χ4v) is 8.17. The molecule has 4 N–H and O–H groups in total. The van der Waals surface area contributed by atoms with Crippen molar-refractivity contribution in [1.29, 1.82) is 0 Å². The lowest BCUT2D eigenvalue weighted by molar-refractivity contribution is -0.118.